The van der Waals surface area contributed by atoms with Crippen LogP contribution in [-0.4, -0.2) is 52.3 Å². The molecule has 0 bridgehead atoms. The van der Waals surface area contributed by atoms with Gasteiger partial charge in [-0.05, 0) is 56.0 Å². The minimum absolute atomic E-state index is 0.110. The minimum Gasteiger partial charge on any atom is -0.283 e. The van der Waals surface area contributed by atoms with Crippen LogP contribution >= 0.6 is 0 Å². The van der Waals surface area contributed by atoms with Crippen LogP contribution in [0.5, 0.6) is 0 Å². The van der Waals surface area contributed by atoms with Crippen LogP contribution in [0.15, 0.2) is 42.7 Å². The van der Waals surface area contributed by atoms with Crippen LogP contribution < -0.4 is 5.43 Å². The average Bonchev–Trinajstić information content (AvgIpc) is 3.16. The van der Waals surface area contributed by atoms with E-state index < -0.39 is 18.4 Å². The van der Waals surface area contributed by atoms with E-state index in [1.807, 2.05) is 19.1 Å². The zero-order valence-electron chi connectivity index (χ0n) is 17.1. The van der Waals surface area contributed by atoms with E-state index in [0.29, 0.717) is 30.5 Å². The Kier molecular flexibility index (Phi) is 5.99. The number of fused-ring (bicyclic) bond motifs is 1. The molecule has 1 N–H and O–H groups in total. The van der Waals surface area contributed by atoms with Crippen molar-refractivity contribution in [1.29, 1.82) is 0 Å². The molecule has 4 rings (SSSR count). The first-order valence-corrected chi connectivity index (χ1v) is 10.3. The Morgan fingerprint density at radius 1 is 1.19 bits per heavy atom. The van der Waals surface area contributed by atoms with Crippen molar-refractivity contribution in [3.05, 3.63) is 65.0 Å². The topological polar surface area (TPSA) is 48.5 Å². The summed E-state index contributed by atoms with van der Waals surface area (Å²) < 4.78 is 40.0. The second kappa shape index (κ2) is 8.69. The van der Waals surface area contributed by atoms with Gasteiger partial charge in [-0.15, -0.1) is 0 Å². The summed E-state index contributed by atoms with van der Waals surface area (Å²) in [5.74, 6) is 5.75. The van der Waals surface area contributed by atoms with Gasteiger partial charge in [0.05, 0.1) is 6.17 Å². The predicted octanol–water partition coefficient (Wildman–Crippen LogP) is 3.49. The summed E-state index contributed by atoms with van der Waals surface area (Å²) in [6.45, 7) is 2.56. The largest absolute Gasteiger partial charge is 0.404 e. The molecule has 2 atom stereocenters. The first kappa shape index (κ1) is 21.3. The Bertz CT molecular complexity index is 1010. The van der Waals surface area contributed by atoms with E-state index in [1.54, 1.807) is 35.6 Å². The van der Waals surface area contributed by atoms with Crippen LogP contribution in [0.2, 0.25) is 0 Å². The van der Waals surface area contributed by atoms with Crippen molar-refractivity contribution in [2.45, 2.75) is 44.6 Å². The van der Waals surface area contributed by atoms with Crippen LogP contribution in [0.4, 0.5) is 13.2 Å². The summed E-state index contributed by atoms with van der Waals surface area (Å²) in [6.07, 6.45) is -0.157. The molecule has 2 unspecified atom stereocenters. The number of pyridine rings is 1. The molecule has 3 heterocycles. The highest BCUT2D eigenvalue weighted by molar-refractivity contribution is 5.94. The van der Waals surface area contributed by atoms with Crippen LogP contribution in [0.25, 0.3) is 0 Å². The van der Waals surface area contributed by atoms with E-state index in [9.17, 15) is 18.0 Å². The van der Waals surface area contributed by atoms with Gasteiger partial charge in [-0.3, -0.25) is 20.1 Å². The quantitative estimate of drug-likeness (QED) is 0.744. The number of nitrogens with zero attached hydrogens (tertiary/aromatic N) is 3. The molecule has 1 aromatic carbocycles. The Morgan fingerprint density at radius 3 is 2.77 bits per heavy atom. The molecule has 5 nitrogen and oxygen atoms in total. The highest BCUT2D eigenvalue weighted by atomic mass is 19.4. The fourth-order valence-corrected chi connectivity index (χ4v) is 4.20. The van der Waals surface area contributed by atoms with Gasteiger partial charge in [0, 0.05) is 42.2 Å². The van der Waals surface area contributed by atoms with Crippen molar-refractivity contribution in [1.82, 2.24) is 20.3 Å². The summed E-state index contributed by atoms with van der Waals surface area (Å²) in [7, 11) is 0. The number of hydrazine groups is 1. The van der Waals surface area contributed by atoms with Gasteiger partial charge in [0.15, 0.2) is 0 Å². The summed E-state index contributed by atoms with van der Waals surface area (Å²) in [6, 6.07) is 7.44. The van der Waals surface area contributed by atoms with Crippen LogP contribution in [0.1, 0.15) is 46.3 Å². The van der Waals surface area contributed by atoms with E-state index >= 15 is 0 Å². The fraction of sp³-hybridized carbons (Fsp3) is 0.391. The number of alkyl halides is 3. The first-order valence-electron chi connectivity index (χ1n) is 10.3. The minimum atomic E-state index is -4.25. The van der Waals surface area contributed by atoms with Crippen molar-refractivity contribution in [3.8, 4) is 11.8 Å². The molecule has 0 aliphatic carbocycles. The summed E-state index contributed by atoms with van der Waals surface area (Å²) >= 11 is 0. The number of halogens is 3. The number of amides is 1. The molecule has 2 aliphatic heterocycles. The lowest BCUT2D eigenvalue weighted by atomic mass is 10.0. The van der Waals surface area contributed by atoms with E-state index in [2.05, 4.69) is 22.3 Å². The molecule has 0 radical (unpaired) electrons. The SMILES string of the molecule is Cc1ccc(C(=O)NN2CCN3C2CCCC3C(F)(F)F)cc1C#Cc1cccnc1. The monoisotopic (exact) mass is 428 g/mol. The molecule has 8 heteroatoms. The molecule has 1 amide bonds. The Balaban J connectivity index is 1.48. The lowest BCUT2D eigenvalue weighted by Crippen LogP contribution is -2.56. The lowest BCUT2D eigenvalue weighted by molar-refractivity contribution is -0.199. The number of nitrogens with one attached hydrogen (secondary N) is 1. The number of piperidine rings is 1. The van der Waals surface area contributed by atoms with Gasteiger partial charge in [-0.2, -0.15) is 13.2 Å². The number of rotatable bonds is 2. The Hall–Kier alpha value is -2.89. The van der Waals surface area contributed by atoms with Crippen molar-refractivity contribution >= 4 is 5.91 Å². The maximum atomic E-state index is 13.3. The molecule has 2 aromatic rings. The molecular weight excluding hydrogens is 405 g/mol. The third-order valence-corrected chi connectivity index (χ3v) is 5.81. The molecule has 0 spiro atoms. The van der Waals surface area contributed by atoms with Crippen molar-refractivity contribution < 1.29 is 18.0 Å². The highest BCUT2D eigenvalue weighted by Crippen LogP contribution is 2.37. The zero-order chi connectivity index (χ0) is 22.0. The summed E-state index contributed by atoms with van der Waals surface area (Å²) in [5, 5.41) is 1.64. The third-order valence-electron chi connectivity index (χ3n) is 5.81. The van der Waals surface area contributed by atoms with Gasteiger partial charge in [-0.25, -0.2) is 5.01 Å². The van der Waals surface area contributed by atoms with Gasteiger partial charge in [-0.1, -0.05) is 17.9 Å². The molecule has 2 saturated heterocycles. The second-order valence-corrected chi connectivity index (χ2v) is 7.86. The standard InChI is InChI=1S/C23H23F3N4O/c1-16-7-9-19(14-18(16)10-8-17-4-3-11-27-15-17)22(31)28-30-13-12-29-20(23(24,25)26)5-2-6-21(29)30/h3-4,7,9,11,14-15,20-21H,2,5-6,12-13H2,1H3,(H,28,31). The average molecular weight is 428 g/mol. The summed E-state index contributed by atoms with van der Waals surface area (Å²) in [4.78, 5) is 18.3. The normalized spacial score (nSPS) is 21.8. The maximum Gasteiger partial charge on any atom is 0.404 e. The van der Waals surface area contributed by atoms with Crippen LogP contribution in [-0.2, 0) is 0 Å². The molecule has 1 aromatic heterocycles. The number of hydrogen-bond donors (Lipinski definition) is 1. The number of benzene rings is 1. The van der Waals surface area contributed by atoms with Gasteiger partial charge in [0.2, 0.25) is 0 Å². The van der Waals surface area contributed by atoms with Crippen molar-refractivity contribution in [2.75, 3.05) is 13.1 Å². The van der Waals surface area contributed by atoms with E-state index in [4.69, 9.17) is 0 Å². The van der Waals surface area contributed by atoms with Gasteiger partial charge in [0.25, 0.3) is 5.91 Å². The maximum absolute atomic E-state index is 13.3. The smallest absolute Gasteiger partial charge is 0.283 e. The Labute approximate surface area is 179 Å². The second-order valence-electron chi connectivity index (χ2n) is 7.86. The predicted molar refractivity (Wildman–Crippen MR) is 110 cm³/mol. The molecule has 0 saturated carbocycles. The highest BCUT2D eigenvalue weighted by Gasteiger charge is 2.50. The van der Waals surface area contributed by atoms with E-state index in [-0.39, 0.29) is 18.9 Å². The van der Waals surface area contributed by atoms with Gasteiger partial charge in [0.1, 0.15) is 6.04 Å². The van der Waals surface area contributed by atoms with Crippen molar-refractivity contribution in [3.63, 3.8) is 0 Å². The van der Waals surface area contributed by atoms with Crippen molar-refractivity contribution in [2.24, 2.45) is 0 Å². The number of aryl methyl sites for hydroxylation is 1. The summed E-state index contributed by atoms with van der Waals surface area (Å²) in [5.41, 5.74) is 5.65. The van der Waals surface area contributed by atoms with Crippen LogP contribution in [0.3, 0.4) is 0 Å². The zero-order valence-corrected chi connectivity index (χ0v) is 17.1. The third kappa shape index (κ3) is 4.73. The molecule has 2 aliphatic rings. The molecule has 162 valence electrons. The molecular formula is C23H23F3N4O. The lowest BCUT2D eigenvalue weighted by Gasteiger charge is -2.40. The number of hydrogen-bond acceptors (Lipinski definition) is 4. The van der Waals surface area contributed by atoms with Crippen LogP contribution in [0, 0.1) is 18.8 Å². The Morgan fingerprint density at radius 2 is 2.03 bits per heavy atom. The molecule has 31 heavy (non-hydrogen) atoms. The number of carbonyl (C=O) groups excluding carboxylic acids is 1. The van der Waals surface area contributed by atoms with Gasteiger partial charge < -0.3 is 0 Å². The van der Waals surface area contributed by atoms with E-state index in [0.717, 1.165) is 11.1 Å². The number of aromatic nitrogens is 1. The fourth-order valence-electron chi connectivity index (χ4n) is 4.20. The van der Waals surface area contributed by atoms with Gasteiger partial charge >= 0.3 is 6.18 Å². The number of carbonyl (C=O) groups is 1. The molecule has 2 fully saturated rings. The first-order chi connectivity index (χ1) is 14.8. The van der Waals surface area contributed by atoms with E-state index in [1.165, 1.54) is 4.90 Å².